The molecule has 0 aliphatic carbocycles. The Labute approximate surface area is 87.8 Å². The minimum atomic E-state index is 0.0372. The average Bonchev–Trinajstić information content (AvgIpc) is 2.14. The average molecular weight is 197 g/mol. The number of unbranched alkanes of at least 4 members (excludes halogenated alkanes) is 3. The molecule has 1 N–H and O–H groups in total. The predicted molar refractivity (Wildman–Crippen MR) is 61.1 cm³/mol. The number of nitrogens with one attached hydrogen (secondary N) is 1. The van der Waals surface area contributed by atoms with Crippen LogP contribution in [0.5, 0.6) is 0 Å². The van der Waals surface area contributed by atoms with E-state index in [1.54, 1.807) is 6.08 Å². The molecule has 2 heteroatoms. The number of carbonyl (C=O) groups excluding carboxylic acids is 1. The molecule has 0 aliphatic heterocycles. The number of allylic oxidation sites excluding steroid dienone is 1. The third-order valence-electron chi connectivity index (χ3n) is 1.93. The Bertz CT molecular complexity index is 173. The van der Waals surface area contributed by atoms with Gasteiger partial charge in [0.15, 0.2) is 0 Å². The molecule has 0 saturated carbocycles. The first kappa shape index (κ1) is 13.2. The second kappa shape index (κ2) is 8.79. The van der Waals surface area contributed by atoms with Crippen molar-refractivity contribution in [2.24, 2.45) is 5.92 Å². The molecular weight excluding hydrogens is 174 g/mol. The van der Waals surface area contributed by atoms with Crippen LogP contribution in [0.2, 0.25) is 0 Å². The Kier molecular flexibility index (Phi) is 8.30. The smallest absolute Gasteiger partial charge is 0.243 e. The molecule has 82 valence electrons. The molecule has 1 amide bonds. The lowest BCUT2D eigenvalue weighted by atomic mass is 10.2. The van der Waals surface area contributed by atoms with Gasteiger partial charge in [-0.15, -0.1) is 0 Å². The molecule has 0 bridgehead atoms. The Morgan fingerprint density at radius 3 is 2.64 bits per heavy atom. The number of rotatable bonds is 7. The van der Waals surface area contributed by atoms with Crippen molar-refractivity contribution in [2.45, 2.75) is 46.5 Å². The molecule has 2 nitrogen and oxygen atoms in total. The highest BCUT2D eigenvalue weighted by Gasteiger charge is 1.96. The molecule has 0 aromatic carbocycles. The molecule has 0 radical (unpaired) electrons. The van der Waals surface area contributed by atoms with E-state index in [1.165, 1.54) is 19.3 Å². The number of hydrogen-bond acceptors (Lipinski definition) is 1. The minimum absolute atomic E-state index is 0.0372. The summed E-state index contributed by atoms with van der Waals surface area (Å²) < 4.78 is 0. The first-order chi connectivity index (χ1) is 6.66. The summed E-state index contributed by atoms with van der Waals surface area (Å²) in [6.07, 6.45) is 8.29. The monoisotopic (exact) mass is 197 g/mol. The number of amides is 1. The molecule has 0 unspecified atom stereocenters. The summed E-state index contributed by atoms with van der Waals surface area (Å²) in [5, 5.41) is 2.85. The molecule has 0 aliphatic rings. The number of hydrogen-bond donors (Lipinski definition) is 1. The van der Waals surface area contributed by atoms with Crippen LogP contribution >= 0.6 is 0 Å². The Morgan fingerprint density at radius 2 is 2.07 bits per heavy atom. The predicted octanol–water partition coefficient (Wildman–Crippen LogP) is 2.90. The van der Waals surface area contributed by atoms with Gasteiger partial charge in [0.25, 0.3) is 0 Å². The normalized spacial score (nSPS) is 11.1. The van der Waals surface area contributed by atoms with E-state index in [0.717, 1.165) is 13.0 Å². The Hall–Kier alpha value is -0.790. The largest absolute Gasteiger partial charge is 0.352 e. The zero-order chi connectivity index (χ0) is 10.8. The van der Waals surface area contributed by atoms with Gasteiger partial charge in [0.05, 0.1) is 0 Å². The van der Waals surface area contributed by atoms with Gasteiger partial charge in [-0.25, -0.2) is 0 Å². The van der Waals surface area contributed by atoms with Crippen molar-refractivity contribution < 1.29 is 4.79 Å². The van der Waals surface area contributed by atoms with Crippen molar-refractivity contribution in [2.75, 3.05) is 6.54 Å². The van der Waals surface area contributed by atoms with Gasteiger partial charge < -0.3 is 5.32 Å². The van der Waals surface area contributed by atoms with Crippen LogP contribution in [0.25, 0.3) is 0 Å². The highest BCUT2D eigenvalue weighted by molar-refractivity contribution is 5.87. The third kappa shape index (κ3) is 9.30. The van der Waals surface area contributed by atoms with Crippen molar-refractivity contribution in [3.8, 4) is 0 Å². The molecule has 0 heterocycles. The first-order valence-corrected chi connectivity index (χ1v) is 5.61. The highest BCUT2D eigenvalue weighted by Crippen LogP contribution is 1.99. The Morgan fingerprint density at radius 1 is 1.36 bits per heavy atom. The van der Waals surface area contributed by atoms with Gasteiger partial charge in [-0.1, -0.05) is 39.7 Å². The van der Waals surface area contributed by atoms with Gasteiger partial charge in [0.1, 0.15) is 0 Å². The summed E-state index contributed by atoms with van der Waals surface area (Å²) in [4.78, 5) is 11.2. The van der Waals surface area contributed by atoms with Crippen LogP contribution < -0.4 is 5.32 Å². The topological polar surface area (TPSA) is 29.1 Å². The standard InChI is InChI=1S/C12H23NO/c1-4-5-6-7-8-9-12(14)13-10-11(2)3/h8-9,11H,4-7,10H2,1-3H3,(H,13,14)/b9-8+. The lowest BCUT2D eigenvalue weighted by Crippen LogP contribution is -2.25. The number of carbonyl (C=O) groups is 1. The van der Waals surface area contributed by atoms with E-state index < -0.39 is 0 Å². The lowest BCUT2D eigenvalue weighted by Gasteiger charge is -2.04. The van der Waals surface area contributed by atoms with Gasteiger partial charge in [0, 0.05) is 6.54 Å². The fourth-order valence-corrected chi connectivity index (χ4v) is 1.07. The summed E-state index contributed by atoms with van der Waals surface area (Å²) in [5.41, 5.74) is 0. The molecule has 0 aromatic rings. The van der Waals surface area contributed by atoms with Crippen molar-refractivity contribution in [3.63, 3.8) is 0 Å². The SMILES string of the molecule is CCCCC/C=C/C(=O)NCC(C)C. The van der Waals surface area contributed by atoms with E-state index in [1.807, 2.05) is 6.08 Å². The van der Waals surface area contributed by atoms with Gasteiger partial charge in [-0.2, -0.15) is 0 Å². The van der Waals surface area contributed by atoms with E-state index in [-0.39, 0.29) is 5.91 Å². The molecule has 0 rings (SSSR count). The first-order valence-electron chi connectivity index (χ1n) is 5.61. The van der Waals surface area contributed by atoms with Crippen LogP contribution in [-0.2, 0) is 4.79 Å². The summed E-state index contributed by atoms with van der Waals surface area (Å²) >= 11 is 0. The Balaban J connectivity index is 3.41. The van der Waals surface area contributed by atoms with Crippen molar-refractivity contribution >= 4 is 5.91 Å². The summed E-state index contributed by atoms with van der Waals surface area (Å²) in [6.45, 7) is 7.12. The van der Waals surface area contributed by atoms with Crippen molar-refractivity contribution in [3.05, 3.63) is 12.2 Å². The van der Waals surface area contributed by atoms with Crippen molar-refractivity contribution in [1.29, 1.82) is 0 Å². The van der Waals surface area contributed by atoms with Crippen LogP contribution in [0.15, 0.2) is 12.2 Å². The van der Waals surface area contributed by atoms with E-state index in [4.69, 9.17) is 0 Å². The molecule has 0 fully saturated rings. The maximum Gasteiger partial charge on any atom is 0.243 e. The lowest BCUT2D eigenvalue weighted by molar-refractivity contribution is -0.116. The molecule has 0 saturated heterocycles. The molecular formula is C12H23NO. The molecule has 0 atom stereocenters. The second-order valence-corrected chi connectivity index (χ2v) is 4.04. The van der Waals surface area contributed by atoms with Crippen LogP contribution in [0.4, 0.5) is 0 Å². The highest BCUT2D eigenvalue weighted by atomic mass is 16.1. The van der Waals surface area contributed by atoms with Crippen LogP contribution in [0.1, 0.15) is 46.5 Å². The zero-order valence-electron chi connectivity index (χ0n) is 9.68. The fourth-order valence-electron chi connectivity index (χ4n) is 1.07. The van der Waals surface area contributed by atoms with E-state index >= 15 is 0 Å². The van der Waals surface area contributed by atoms with E-state index in [0.29, 0.717) is 5.92 Å². The van der Waals surface area contributed by atoms with Crippen LogP contribution in [0, 0.1) is 5.92 Å². The van der Waals surface area contributed by atoms with E-state index in [2.05, 4.69) is 26.1 Å². The van der Waals surface area contributed by atoms with Crippen LogP contribution in [0.3, 0.4) is 0 Å². The summed E-state index contributed by atoms with van der Waals surface area (Å²) in [5.74, 6) is 0.558. The fraction of sp³-hybridized carbons (Fsp3) is 0.750. The molecule has 0 spiro atoms. The summed E-state index contributed by atoms with van der Waals surface area (Å²) in [6, 6.07) is 0. The quantitative estimate of drug-likeness (QED) is 0.493. The van der Waals surface area contributed by atoms with Gasteiger partial charge in [-0.05, 0) is 24.8 Å². The second-order valence-electron chi connectivity index (χ2n) is 4.04. The van der Waals surface area contributed by atoms with Gasteiger partial charge >= 0.3 is 0 Å². The maximum absolute atomic E-state index is 11.2. The maximum atomic E-state index is 11.2. The van der Waals surface area contributed by atoms with Gasteiger partial charge in [0.2, 0.25) is 5.91 Å². The zero-order valence-corrected chi connectivity index (χ0v) is 9.68. The van der Waals surface area contributed by atoms with Crippen molar-refractivity contribution in [1.82, 2.24) is 5.32 Å². The third-order valence-corrected chi connectivity index (χ3v) is 1.93. The van der Waals surface area contributed by atoms with Crippen LogP contribution in [-0.4, -0.2) is 12.5 Å². The minimum Gasteiger partial charge on any atom is -0.352 e. The van der Waals surface area contributed by atoms with Gasteiger partial charge in [-0.3, -0.25) is 4.79 Å². The van der Waals surface area contributed by atoms with E-state index in [9.17, 15) is 4.79 Å². The molecule has 0 aromatic heterocycles. The summed E-state index contributed by atoms with van der Waals surface area (Å²) in [7, 11) is 0. The molecule has 14 heavy (non-hydrogen) atoms.